The molecule has 0 amide bonds. The first-order valence-corrected chi connectivity index (χ1v) is 25.5. The predicted octanol–water partition coefficient (Wildman–Crippen LogP) is 1.69. The van der Waals surface area contributed by atoms with Crippen molar-refractivity contribution in [1.29, 1.82) is 0 Å². The third-order valence-corrected chi connectivity index (χ3v) is 17.2. The Hall–Kier alpha value is -5.06. The number of rotatable bonds is 20. The molecule has 2 spiro atoms. The summed E-state index contributed by atoms with van der Waals surface area (Å²) in [6, 6.07) is 7.13. The molecule has 6 fully saturated rings. The molecule has 72 heavy (non-hydrogen) atoms. The lowest BCUT2D eigenvalue weighted by atomic mass is 9.49. The molecule has 4 heterocycles. The Bertz CT molecular complexity index is 2370. The maximum Gasteiger partial charge on any atom is 0.337 e. The van der Waals surface area contributed by atoms with E-state index in [1.807, 2.05) is 12.1 Å². The third-order valence-electron chi connectivity index (χ3n) is 17.2. The number of ketones is 2. The average molecular weight is 1000 g/mol. The van der Waals surface area contributed by atoms with Gasteiger partial charge in [0, 0.05) is 49.1 Å². The van der Waals surface area contributed by atoms with Crippen LogP contribution >= 0.6 is 0 Å². The number of Topliss-reactive ketones (excluding diaryl/α,β-unsaturated/α-hetero) is 2. The Kier molecular flexibility index (Phi) is 13.0. The van der Waals surface area contributed by atoms with Crippen LogP contribution in [-0.2, 0) is 71.4 Å². The molecular weight excluding hydrogens is 941 g/mol. The van der Waals surface area contributed by atoms with Gasteiger partial charge in [-0.25, -0.2) is 19.2 Å². The Labute approximate surface area is 415 Å². The van der Waals surface area contributed by atoms with Crippen LogP contribution < -0.4 is 18.9 Å². The number of carbonyl (C=O) groups excluding carboxylic acids is 4. The number of aliphatic carboxylic acids is 2. The van der Waals surface area contributed by atoms with Gasteiger partial charge in [-0.1, -0.05) is 12.1 Å². The molecule has 6 aliphatic carbocycles. The van der Waals surface area contributed by atoms with Gasteiger partial charge in [0.05, 0.1) is 48.5 Å². The number of carboxylic acid groups (broad SMARTS) is 2. The molecular formula is C52H62N2O18. The smallest absolute Gasteiger partial charge is 0.337 e. The van der Waals surface area contributed by atoms with Crippen molar-refractivity contribution in [2.45, 2.75) is 123 Å². The molecule has 4 saturated carbocycles. The second-order valence-corrected chi connectivity index (χ2v) is 21.3. The molecule has 2 saturated heterocycles. The van der Waals surface area contributed by atoms with Gasteiger partial charge in [-0.2, -0.15) is 0 Å². The van der Waals surface area contributed by atoms with E-state index < -0.39 is 71.3 Å². The van der Waals surface area contributed by atoms with Crippen molar-refractivity contribution in [3.63, 3.8) is 0 Å². The van der Waals surface area contributed by atoms with Crippen molar-refractivity contribution >= 4 is 35.4 Å². The first-order valence-electron chi connectivity index (χ1n) is 25.5. The molecule has 0 aromatic heterocycles. The third kappa shape index (κ3) is 8.29. The number of hydrogen-bond donors (Lipinski definition) is 4. The number of carbonyl (C=O) groups is 6. The Morgan fingerprint density at radius 1 is 0.569 bits per heavy atom. The number of aliphatic hydroxyl groups is 2. The molecule has 20 nitrogen and oxygen atoms in total. The van der Waals surface area contributed by atoms with Crippen LogP contribution in [-0.4, -0.2) is 180 Å². The summed E-state index contributed by atoms with van der Waals surface area (Å²) in [5.74, 6) is -0.976. The van der Waals surface area contributed by atoms with Gasteiger partial charge >= 0.3 is 23.9 Å². The molecule has 10 aliphatic rings. The topological polar surface area (TPSA) is 264 Å². The molecule has 0 radical (unpaired) electrons. The van der Waals surface area contributed by atoms with Crippen molar-refractivity contribution in [3.8, 4) is 23.0 Å². The van der Waals surface area contributed by atoms with Gasteiger partial charge in [-0.05, 0) is 112 Å². The molecule has 20 heteroatoms. The zero-order valence-corrected chi connectivity index (χ0v) is 40.1. The minimum Gasteiger partial charge on any atom is -0.480 e. The van der Waals surface area contributed by atoms with Crippen LogP contribution in [0.2, 0.25) is 0 Å². The van der Waals surface area contributed by atoms with Crippen LogP contribution in [0.15, 0.2) is 24.3 Å². The summed E-state index contributed by atoms with van der Waals surface area (Å²) in [5.41, 5.74) is -0.243. The fourth-order valence-electron chi connectivity index (χ4n) is 13.8. The molecule has 2 aromatic rings. The summed E-state index contributed by atoms with van der Waals surface area (Å²) in [6.45, 7) is 2.11. The van der Waals surface area contributed by atoms with Gasteiger partial charge in [-0.15, -0.1) is 0 Å². The lowest BCUT2D eigenvalue weighted by Gasteiger charge is -2.62. The number of ether oxygens (including phenoxy) is 8. The van der Waals surface area contributed by atoms with Crippen molar-refractivity contribution in [1.82, 2.24) is 9.80 Å². The highest BCUT2D eigenvalue weighted by atomic mass is 16.6. The highest BCUT2D eigenvalue weighted by Crippen LogP contribution is 2.67. The van der Waals surface area contributed by atoms with E-state index in [1.54, 1.807) is 12.1 Å². The van der Waals surface area contributed by atoms with E-state index in [-0.39, 0.29) is 87.6 Å². The Morgan fingerprint density at radius 2 is 0.958 bits per heavy atom. The van der Waals surface area contributed by atoms with Gasteiger partial charge in [0.25, 0.3) is 0 Å². The van der Waals surface area contributed by atoms with Gasteiger partial charge in [-0.3, -0.25) is 19.4 Å². The van der Waals surface area contributed by atoms with Gasteiger partial charge in [0.2, 0.25) is 0 Å². The van der Waals surface area contributed by atoms with Crippen molar-refractivity contribution in [3.05, 3.63) is 46.5 Å². The maximum atomic E-state index is 13.4. The summed E-state index contributed by atoms with van der Waals surface area (Å²) < 4.78 is 44.5. The van der Waals surface area contributed by atoms with Crippen LogP contribution in [0.3, 0.4) is 0 Å². The number of likely N-dealkylation sites (tertiary alicyclic amines) is 2. The van der Waals surface area contributed by atoms with Crippen LogP contribution in [0.25, 0.3) is 0 Å². The van der Waals surface area contributed by atoms with Crippen LogP contribution in [0, 0.1) is 11.8 Å². The van der Waals surface area contributed by atoms with Gasteiger partial charge in [0.15, 0.2) is 46.8 Å². The second-order valence-electron chi connectivity index (χ2n) is 21.3. The normalized spacial score (nSPS) is 32.1. The lowest BCUT2D eigenvalue weighted by molar-refractivity contribution is -0.188. The van der Waals surface area contributed by atoms with E-state index in [9.17, 15) is 39.0 Å². The zero-order valence-electron chi connectivity index (χ0n) is 40.1. The Balaban J connectivity index is 0.000000417. The van der Waals surface area contributed by atoms with E-state index in [2.05, 4.69) is 19.3 Å². The number of carboxylic acids is 2. The maximum absolute atomic E-state index is 13.4. The molecule has 388 valence electrons. The standard InChI is InChI=1S/C46H52N2O12.C6H10O6/c49-29-9-11-45(53)33-19-27-5-7-31(39-37(27)43(45,41(29)59-39)13-15-47(33)21-25-1-2-25)57-35(51)23-55-17-18-56-24-36(52)58-32-8-6-28-20-34-46(54)12-10-30(50)42-44(46,38(28)40(32)60-42)14-16-48(34)22-26-3-4-26;7-5(8)3-11-1-2-12-4-6(9)10/h5-8,25-26,33-34,41-42,53-54H,1-4,9-24H2;1-4H2,(H,7,8)(H,9,10)/t33-,34-,41+,42+,43+,44+,45-,46-;/m0./s1. The van der Waals surface area contributed by atoms with E-state index in [4.69, 9.17) is 38.6 Å². The summed E-state index contributed by atoms with van der Waals surface area (Å²) >= 11 is 0. The number of benzene rings is 2. The first kappa shape index (κ1) is 49.2. The minimum atomic E-state index is -1.11. The zero-order chi connectivity index (χ0) is 50.2. The summed E-state index contributed by atoms with van der Waals surface area (Å²) in [7, 11) is 0. The molecule has 4 aliphatic heterocycles. The fraction of sp³-hybridized carbons (Fsp3) is 0.654. The summed E-state index contributed by atoms with van der Waals surface area (Å²) in [6.07, 6.45) is 7.07. The largest absolute Gasteiger partial charge is 0.480 e. The van der Waals surface area contributed by atoms with Crippen molar-refractivity contribution < 1.29 is 87.1 Å². The van der Waals surface area contributed by atoms with E-state index in [0.717, 1.165) is 48.4 Å². The Morgan fingerprint density at radius 3 is 1.33 bits per heavy atom. The lowest BCUT2D eigenvalue weighted by Crippen LogP contribution is -2.76. The first-order chi connectivity index (χ1) is 34.7. The molecule has 4 N–H and O–H groups in total. The van der Waals surface area contributed by atoms with Crippen LogP contribution in [0.4, 0.5) is 0 Å². The summed E-state index contributed by atoms with van der Waals surface area (Å²) in [5, 5.41) is 41.2. The number of piperidine rings is 2. The quantitative estimate of drug-likeness (QED) is 0.0835. The molecule has 8 atom stereocenters. The second kappa shape index (κ2) is 19.0. The molecule has 0 unspecified atom stereocenters. The molecule has 12 rings (SSSR count). The van der Waals surface area contributed by atoms with Crippen molar-refractivity contribution in [2.75, 3.05) is 79.0 Å². The SMILES string of the molecule is O=C(COCCOCC(=O)Oc1ccc2c3c1O[C@@H]1C(=O)CC[C@]4(O)[C@H](C2)N(CC2CC2)CC[C@@]314)Oc1ccc2c3c1O[C@@H]1C(=O)CC[C@]4(O)[C@H](C2)N(CC2CC2)CC[C@@]314.O=C(O)COCCOCC(=O)O. The van der Waals surface area contributed by atoms with Crippen LogP contribution in [0.5, 0.6) is 23.0 Å². The summed E-state index contributed by atoms with van der Waals surface area (Å²) in [4.78, 5) is 77.5. The average Bonchev–Trinajstić information content (AvgIpc) is 4.28. The highest BCUT2D eigenvalue weighted by molar-refractivity contribution is 5.91. The predicted molar refractivity (Wildman–Crippen MR) is 246 cm³/mol. The van der Waals surface area contributed by atoms with E-state index in [1.165, 1.54) is 25.7 Å². The molecule has 2 aromatic carbocycles. The minimum absolute atomic E-state index is 0.00157. The fourth-order valence-corrected chi connectivity index (χ4v) is 13.8. The van der Waals surface area contributed by atoms with Gasteiger partial charge in [0.1, 0.15) is 26.4 Å². The number of nitrogens with zero attached hydrogens (tertiary/aromatic N) is 2. The van der Waals surface area contributed by atoms with E-state index >= 15 is 0 Å². The highest BCUT2D eigenvalue weighted by Gasteiger charge is 2.75. The van der Waals surface area contributed by atoms with Crippen molar-refractivity contribution in [2.24, 2.45) is 11.8 Å². The monoisotopic (exact) mass is 1000 g/mol. The van der Waals surface area contributed by atoms with Crippen LogP contribution in [0.1, 0.15) is 86.5 Å². The van der Waals surface area contributed by atoms with E-state index in [0.29, 0.717) is 61.9 Å². The molecule has 4 bridgehead atoms. The van der Waals surface area contributed by atoms with Gasteiger partial charge < -0.3 is 58.3 Å². The number of esters is 2. The number of hydrogen-bond acceptors (Lipinski definition) is 18.